The molecule has 138 valence electrons. The van der Waals surface area contributed by atoms with Gasteiger partial charge >= 0.3 is 5.97 Å². The van der Waals surface area contributed by atoms with Gasteiger partial charge in [-0.3, -0.25) is 0 Å². The summed E-state index contributed by atoms with van der Waals surface area (Å²) in [6.07, 6.45) is 3.68. The summed E-state index contributed by atoms with van der Waals surface area (Å²) in [6.45, 7) is 2.44. The maximum atomic E-state index is 11.8. The van der Waals surface area contributed by atoms with Crippen molar-refractivity contribution in [3.05, 3.63) is 71.3 Å². The third-order valence-electron chi connectivity index (χ3n) is 4.23. The molecule has 0 aliphatic heterocycles. The van der Waals surface area contributed by atoms with Gasteiger partial charge in [-0.2, -0.15) is 0 Å². The third-order valence-corrected chi connectivity index (χ3v) is 4.62. The number of para-hydroxylation sites is 1. The number of carboxylic acids is 1. The number of rotatable bonds is 10. The van der Waals surface area contributed by atoms with Crippen molar-refractivity contribution in [2.75, 3.05) is 11.9 Å². The fourth-order valence-corrected chi connectivity index (χ4v) is 3.45. The number of hydrogen-bond acceptors (Lipinski definition) is 2. The highest BCUT2D eigenvalue weighted by atomic mass is 79.9. The summed E-state index contributed by atoms with van der Waals surface area (Å²) < 4.78 is 5.93. The van der Waals surface area contributed by atoms with Crippen molar-refractivity contribution in [3.63, 3.8) is 0 Å². The van der Waals surface area contributed by atoms with E-state index in [4.69, 9.17) is 4.74 Å². The van der Waals surface area contributed by atoms with Gasteiger partial charge in [0.1, 0.15) is 5.75 Å². The monoisotopic (exact) mass is 416 g/mol. The average Bonchev–Trinajstić information content (AvgIpc) is 2.63. The van der Waals surface area contributed by atoms with Gasteiger partial charge in [0.05, 0.1) is 12.2 Å². The van der Waals surface area contributed by atoms with Gasteiger partial charge in [0, 0.05) is 10.9 Å². The molecule has 26 heavy (non-hydrogen) atoms. The summed E-state index contributed by atoms with van der Waals surface area (Å²) in [6, 6.07) is 17.8. The first-order valence-electron chi connectivity index (χ1n) is 8.88. The van der Waals surface area contributed by atoms with Crippen LogP contribution in [-0.2, 0) is 11.2 Å². The van der Waals surface area contributed by atoms with Crippen molar-refractivity contribution in [1.82, 2.24) is 0 Å². The van der Waals surface area contributed by atoms with E-state index in [1.807, 2.05) is 37.3 Å². The highest BCUT2D eigenvalue weighted by Gasteiger charge is 2.18. The second kappa shape index (κ2) is 10.8. The average molecular weight is 417 g/mol. The molecule has 0 saturated heterocycles. The molecule has 2 rings (SSSR count). The Bertz CT molecular complexity index is 738. The minimum absolute atomic E-state index is 0.337. The van der Waals surface area contributed by atoms with E-state index in [1.54, 1.807) is 0 Å². The normalized spacial score (nSPS) is 11.8. The zero-order chi connectivity index (χ0) is 18.8. The summed E-state index contributed by atoms with van der Waals surface area (Å²) in [7, 11) is 0. The second-order valence-electron chi connectivity index (χ2n) is 6.19. The Labute approximate surface area is 163 Å². The Morgan fingerprint density at radius 2 is 1.73 bits per heavy atom. The van der Waals surface area contributed by atoms with Crippen LogP contribution in [-0.4, -0.2) is 23.0 Å². The molecular weight excluding hydrogens is 392 g/mol. The van der Waals surface area contributed by atoms with E-state index in [2.05, 4.69) is 40.2 Å². The molecule has 0 radical (unpaired) electrons. The molecule has 0 atom stereocenters. The zero-order valence-corrected chi connectivity index (χ0v) is 16.7. The predicted octanol–water partition coefficient (Wildman–Crippen LogP) is 5.73. The Balaban J connectivity index is 2.00. The fourth-order valence-electron chi connectivity index (χ4n) is 2.85. The van der Waals surface area contributed by atoms with Crippen LogP contribution in [0, 0.1) is 0 Å². The van der Waals surface area contributed by atoms with E-state index in [0.717, 1.165) is 30.2 Å². The van der Waals surface area contributed by atoms with Gasteiger partial charge in [-0.15, -0.1) is 0 Å². The van der Waals surface area contributed by atoms with Gasteiger partial charge in [-0.25, -0.2) is 4.79 Å². The van der Waals surface area contributed by atoms with Crippen molar-refractivity contribution in [1.29, 1.82) is 0 Å². The summed E-state index contributed by atoms with van der Waals surface area (Å²) >= 11 is 3.38. The predicted molar refractivity (Wildman–Crippen MR) is 110 cm³/mol. The fraction of sp³-hybridized carbons (Fsp3) is 0.318. The molecule has 0 bridgehead atoms. The van der Waals surface area contributed by atoms with Crippen molar-refractivity contribution in [2.24, 2.45) is 0 Å². The standard InChI is InChI=1S/C22H25BrO3/c1-17(14-15-23)21(22(24)25)19-12-5-6-13-20(19)26-16-8-7-11-18-9-3-2-4-10-18/h2-6,9-10,12-13H,7-8,11,14-16H2,1H3,(H,24,25). The van der Waals surface area contributed by atoms with Crippen molar-refractivity contribution < 1.29 is 14.6 Å². The second-order valence-corrected chi connectivity index (χ2v) is 6.98. The molecule has 0 aliphatic rings. The summed E-state index contributed by atoms with van der Waals surface area (Å²) in [4.78, 5) is 11.8. The Kier molecular flexibility index (Phi) is 8.42. The number of aryl methyl sites for hydroxylation is 1. The number of carboxylic acid groups (broad SMARTS) is 1. The Morgan fingerprint density at radius 1 is 1.04 bits per heavy atom. The number of unbranched alkanes of at least 4 members (excludes halogenated alkanes) is 1. The molecule has 3 nitrogen and oxygen atoms in total. The smallest absolute Gasteiger partial charge is 0.336 e. The highest BCUT2D eigenvalue weighted by molar-refractivity contribution is 9.09. The molecule has 0 spiro atoms. The van der Waals surface area contributed by atoms with Gasteiger partial charge < -0.3 is 9.84 Å². The van der Waals surface area contributed by atoms with E-state index < -0.39 is 5.97 Å². The SMILES string of the molecule is CC(CCBr)=C(C(=O)O)c1ccccc1OCCCCc1ccccc1. The number of benzene rings is 2. The van der Waals surface area contributed by atoms with E-state index in [-0.39, 0.29) is 0 Å². The van der Waals surface area contributed by atoms with Gasteiger partial charge in [0.2, 0.25) is 0 Å². The lowest BCUT2D eigenvalue weighted by Crippen LogP contribution is -2.07. The molecule has 0 aromatic heterocycles. The summed E-state index contributed by atoms with van der Waals surface area (Å²) in [5, 5.41) is 10.4. The highest BCUT2D eigenvalue weighted by Crippen LogP contribution is 2.30. The van der Waals surface area contributed by atoms with Crippen LogP contribution in [0.3, 0.4) is 0 Å². The topological polar surface area (TPSA) is 46.5 Å². The minimum atomic E-state index is -0.913. The maximum Gasteiger partial charge on any atom is 0.336 e. The third kappa shape index (κ3) is 6.03. The number of aliphatic carboxylic acids is 1. The first-order valence-corrected chi connectivity index (χ1v) is 10.0. The minimum Gasteiger partial charge on any atom is -0.493 e. The van der Waals surface area contributed by atoms with Crippen molar-refractivity contribution >= 4 is 27.5 Å². The first kappa shape index (κ1) is 20.2. The largest absolute Gasteiger partial charge is 0.493 e. The van der Waals surface area contributed by atoms with E-state index in [9.17, 15) is 9.90 Å². The number of hydrogen-bond donors (Lipinski definition) is 1. The lowest BCUT2D eigenvalue weighted by Gasteiger charge is -2.14. The molecule has 2 aromatic carbocycles. The summed E-state index contributed by atoms with van der Waals surface area (Å²) in [5.74, 6) is -0.276. The molecule has 0 unspecified atom stereocenters. The molecule has 1 N–H and O–H groups in total. The molecule has 4 heteroatoms. The van der Waals surface area contributed by atoms with Gasteiger partial charge in [0.25, 0.3) is 0 Å². The van der Waals surface area contributed by atoms with E-state index in [1.165, 1.54) is 5.56 Å². The van der Waals surface area contributed by atoms with Crippen LogP contribution in [0.15, 0.2) is 60.2 Å². The van der Waals surface area contributed by atoms with Crippen molar-refractivity contribution in [3.8, 4) is 5.75 Å². The zero-order valence-electron chi connectivity index (χ0n) is 15.1. The van der Waals surface area contributed by atoms with Crippen LogP contribution in [0.5, 0.6) is 5.75 Å². The molecule has 2 aromatic rings. The molecular formula is C22H25BrO3. The van der Waals surface area contributed by atoms with Gasteiger partial charge in [0.15, 0.2) is 0 Å². The summed E-state index contributed by atoms with van der Waals surface area (Å²) in [5.41, 5.74) is 3.16. The maximum absolute atomic E-state index is 11.8. The van der Waals surface area contributed by atoms with Crippen LogP contribution < -0.4 is 4.74 Å². The first-order chi connectivity index (χ1) is 12.6. The van der Waals surface area contributed by atoms with Crippen LogP contribution in [0.1, 0.15) is 37.3 Å². The van der Waals surface area contributed by atoms with Crippen LogP contribution >= 0.6 is 15.9 Å². The number of alkyl halides is 1. The molecule has 0 aliphatic carbocycles. The van der Waals surface area contributed by atoms with E-state index in [0.29, 0.717) is 29.9 Å². The van der Waals surface area contributed by atoms with Gasteiger partial charge in [-0.05, 0) is 44.2 Å². The molecule has 0 fully saturated rings. The quantitative estimate of drug-likeness (QED) is 0.305. The lowest BCUT2D eigenvalue weighted by molar-refractivity contribution is -0.130. The number of halogens is 1. The van der Waals surface area contributed by atoms with Crippen LogP contribution in [0.4, 0.5) is 0 Å². The molecule has 0 amide bonds. The Hall–Kier alpha value is -2.07. The lowest BCUT2D eigenvalue weighted by atomic mass is 9.98. The molecule has 0 heterocycles. The Morgan fingerprint density at radius 3 is 2.42 bits per heavy atom. The van der Waals surface area contributed by atoms with Crippen LogP contribution in [0.2, 0.25) is 0 Å². The van der Waals surface area contributed by atoms with E-state index >= 15 is 0 Å². The van der Waals surface area contributed by atoms with Crippen molar-refractivity contribution in [2.45, 2.75) is 32.6 Å². The van der Waals surface area contributed by atoms with Gasteiger partial charge in [-0.1, -0.05) is 70.0 Å². The van der Waals surface area contributed by atoms with Crippen LogP contribution in [0.25, 0.3) is 5.57 Å². The number of carbonyl (C=O) groups is 1. The molecule has 0 saturated carbocycles. The number of ether oxygens (including phenoxy) is 1. The number of allylic oxidation sites excluding steroid dienone is 1.